The van der Waals surface area contributed by atoms with Crippen molar-refractivity contribution >= 4 is 23.6 Å². The summed E-state index contributed by atoms with van der Waals surface area (Å²) in [5, 5.41) is 12.4. The Hall–Kier alpha value is -3.09. The molecule has 0 aliphatic carbocycles. The van der Waals surface area contributed by atoms with Gasteiger partial charge in [-0.15, -0.1) is 0 Å². The minimum Gasteiger partial charge on any atom is -0.480 e. The number of thioether (sulfide) groups is 1. The number of nitrogens with zero attached hydrogens (tertiary/aromatic N) is 1. The average Bonchev–Trinajstić information content (AvgIpc) is 3.37. The highest BCUT2D eigenvalue weighted by atomic mass is 32.2. The number of benzene rings is 3. The van der Waals surface area contributed by atoms with Crippen molar-refractivity contribution in [3.8, 4) is 11.1 Å². The number of amides is 1. The molecule has 1 fully saturated rings. The van der Waals surface area contributed by atoms with Gasteiger partial charge in [-0.2, -0.15) is 11.8 Å². The Balaban J connectivity index is 1.56. The molecule has 38 heavy (non-hydrogen) atoms. The lowest BCUT2D eigenvalue weighted by atomic mass is 9.93. The zero-order valence-corrected chi connectivity index (χ0v) is 23.2. The SMILES string of the molecule is CSCCC(NC(=O)c1ccc(CN2CCCC2CCc2ccccc2)cc1-c1ccccc1C)C(=O)O. The van der Waals surface area contributed by atoms with Crippen molar-refractivity contribution in [2.45, 2.75) is 57.7 Å². The maximum absolute atomic E-state index is 13.4. The Kier molecular flexibility index (Phi) is 10.0. The van der Waals surface area contributed by atoms with Crippen LogP contribution in [0.15, 0.2) is 72.8 Å². The second kappa shape index (κ2) is 13.6. The Morgan fingerprint density at radius 3 is 2.53 bits per heavy atom. The number of likely N-dealkylation sites (tertiary alicyclic amines) is 1. The molecule has 200 valence electrons. The molecule has 1 saturated heterocycles. The number of hydrogen-bond acceptors (Lipinski definition) is 4. The highest BCUT2D eigenvalue weighted by Gasteiger charge is 2.26. The van der Waals surface area contributed by atoms with Crippen LogP contribution in [0.3, 0.4) is 0 Å². The summed E-state index contributed by atoms with van der Waals surface area (Å²) in [5.41, 5.74) is 6.00. The minimum atomic E-state index is -1.00. The normalized spacial score (nSPS) is 16.3. The number of carboxylic acid groups (broad SMARTS) is 1. The summed E-state index contributed by atoms with van der Waals surface area (Å²) in [6.45, 7) is 3.96. The number of carbonyl (C=O) groups excluding carboxylic acids is 1. The third kappa shape index (κ3) is 7.27. The van der Waals surface area contributed by atoms with Crippen molar-refractivity contribution in [1.82, 2.24) is 10.2 Å². The van der Waals surface area contributed by atoms with Gasteiger partial charge < -0.3 is 10.4 Å². The molecule has 2 N–H and O–H groups in total. The van der Waals surface area contributed by atoms with Crippen molar-refractivity contribution in [3.63, 3.8) is 0 Å². The fourth-order valence-corrected chi connectivity index (χ4v) is 5.83. The monoisotopic (exact) mass is 530 g/mol. The third-order valence-corrected chi connectivity index (χ3v) is 8.12. The summed E-state index contributed by atoms with van der Waals surface area (Å²) in [6, 6.07) is 24.4. The van der Waals surface area contributed by atoms with E-state index in [-0.39, 0.29) is 5.91 Å². The van der Waals surface area contributed by atoms with Gasteiger partial charge in [0, 0.05) is 18.2 Å². The fraction of sp³-hybridized carbons (Fsp3) is 0.375. The molecule has 0 radical (unpaired) electrons. The molecule has 1 aliphatic rings. The Labute approximate surface area is 230 Å². The summed E-state index contributed by atoms with van der Waals surface area (Å²) in [6.07, 6.45) is 6.96. The largest absolute Gasteiger partial charge is 0.480 e. The lowest BCUT2D eigenvalue weighted by molar-refractivity contribution is -0.139. The van der Waals surface area contributed by atoms with Crippen LogP contribution >= 0.6 is 11.8 Å². The highest BCUT2D eigenvalue weighted by molar-refractivity contribution is 7.98. The van der Waals surface area contributed by atoms with E-state index in [0.29, 0.717) is 23.8 Å². The lowest BCUT2D eigenvalue weighted by Crippen LogP contribution is -2.41. The van der Waals surface area contributed by atoms with Gasteiger partial charge >= 0.3 is 5.97 Å². The van der Waals surface area contributed by atoms with Crippen molar-refractivity contribution in [2.24, 2.45) is 0 Å². The molecular formula is C32H38N2O3S. The van der Waals surface area contributed by atoms with Gasteiger partial charge in [-0.25, -0.2) is 4.79 Å². The summed E-state index contributed by atoms with van der Waals surface area (Å²) in [7, 11) is 0. The predicted molar refractivity (Wildman–Crippen MR) is 157 cm³/mol. The summed E-state index contributed by atoms with van der Waals surface area (Å²) < 4.78 is 0. The predicted octanol–water partition coefficient (Wildman–Crippen LogP) is 6.20. The number of aliphatic carboxylic acids is 1. The van der Waals surface area contributed by atoms with Crippen molar-refractivity contribution < 1.29 is 14.7 Å². The summed E-state index contributed by atoms with van der Waals surface area (Å²) in [5.74, 6) is -0.676. The average molecular weight is 531 g/mol. The first kappa shape index (κ1) is 27.9. The van der Waals surface area contributed by atoms with E-state index in [9.17, 15) is 14.7 Å². The van der Waals surface area contributed by atoms with Gasteiger partial charge in [0.15, 0.2) is 0 Å². The quantitative estimate of drug-likeness (QED) is 0.292. The van der Waals surface area contributed by atoms with Gasteiger partial charge in [0.05, 0.1) is 0 Å². The molecule has 0 bridgehead atoms. The first-order valence-corrected chi connectivity index (χ1v) is 14.8. The van der Waals surface area contributed by atoms with Crippen molar-refractivity contribution in [2.75, 3.05) is 18.6 Å². The van der Waals surface area contributed by atoms with Gasteiger partial charge in [-0.3, -0.25) is 9.69 Å². The van der Waals surface area contributed by atoms with E-state index in [2.05, 4.69) is 46.6 Å². The molecule has 3 aromatic rings. The number of carboxylic acids is 1. The first-order chi connectivity index (χ1) is 18.5. The third-order valence-electron chi connectivity index (χ3n) is 7.47. The Morgan fingerprint density at radius 1 is 1.03 bits per heavy atom. The summed E-state index contributed by atoms with van der Waals surface area (Å²) in [4.78, 5) is 27.7. The van der Waals surface area contributed by atoms with E-state index in [4.69, 9.17) is 0 Å². The van der Waals surface area contributed by atoms with Crippen LogP contribution in [0.4, 0.5) is 0 Å². The number of carbonyl (C=O) groups is 2. The van der Waals surface area contributed by atoms with E-state index in [1.807, 2.05) is 49.6 Å². The highest BCUT2D eigenvalue weighted by Crippen LogP contribution is 2.30. The molecule has 1 aliphatic heterocycles. The second-order valence-electron chi connectivity index (χ2n) is 10.1. The Morgan fingerprint density at radius 2 is 1.79 bits per heavy atom. The van der Waals surface area contributed by atoms with Crippen LogP contribution in [-0.4, -0.2) is 52.5 Å². The van der Waals surface area contributed by atoms with Gasteiger partial charge in [-0.05, 0) is 97.5 Å². The molecule has 1 heterocycles. The zero-order chi connectivity index (χ0) is 26.9. The van der Waals surface area contributed by atoms with Gasteiger partial charge in [0.1, 0.15) is 6.04 Å². The number of nitrogens with one attached hydrogen (secondary N) is 1. The van der Waals surface area contributed by atoms with E-state index in [0.717, 1.165) is 42.6 Å². The molecule has 0 aromatic heterocycles. The van der Waals surface area contributed by atoms with Gasteiger partial charge in [0.2, 0.25) is 0 Å². The molecule has 3 aromatic carbocycles. The summed E-state index contributed by atoms with van der Waals surface area (Å²) >= 11 is 1.57. The van der Waals surface area contributed by atoms with Gasteiger partial charge in [-0.1, -0.05) is 60.7 Å². The van der Waals surface area contributed by atoms with Crippen LogP contribution < -0.4 is 5.32 Å². The van der Waals surface area contributed by atoms with Crippen molar-refractivity contribution in [3.05, 3.63) is 95.1 Å². The second-order valence-corrected chi connectivity index (χ2v) is 11.1. The van der Waals surface area contributed by atoms with Crippen LogP contribution in [0.2, 0.25) is 0 Å². The van der Waals surface area contributed by atoms with Crippen LogP contribution in [0.1, 0.15) is 52.7 Å². The number of aryl methyl sites for hydroxylation is 2. The molecule has 5 nitrogen and oxygen atoms in total. The molecular weight excluding hydrogens is 492 g/mol. The molecule has 4 rings (SSSR count). The van der Waals surface area contributed by atoms with Crippen LogP contribution in [-0.2, 0) is 17.8 Å². The molecule has 0 spiro atoms. The van der Waals surface area contributed by atoms with Gasteiger partial charge in [0.25, 0.3) is 5.91 Å². The maximum Gasteiger partial charge on any atom is 0.326 e. The van der Waals surface area contributed by atoms with E-state index in [1.165, 1.54) is 24.0 Å². The first-order valence-electron chi connectivity index (χ1n) is 13.5. The van der Waals surface area contributed by atoms with Crippen LogP contribution in [0, 0.1) is 6.92 Å². The molecule has 1 amide bonds. The van der Waals surface area contributed by atoms with E-state index < -0.39 is 12.0 Å². The standard InChI is InChI=1S/C32H38N2O3S/c1-23-9-6-7-13-27(23)29-21-25(15-17-28(29)31(35)33-30(32(36)37)18-20-38-2)22-34-19-8-12-26(34)16-14-24-10-4-3-5-11-24/h3-7,9-11,13,15,17,21,26,30H,8,12,14,16,18-20,22H2,1-2H3,(H,33,35)(H,36,37). The molecule has 6 heteroatoms. The number of rotatable bonds is 12. The smallest absolute Gasteiger partial charge is 0.326 e. The molecule has 2 atom stereocenters. The Bertz CT molecular complexity index is 1230. The molecule has 2 unspecified atom stereocenters. The minimum absolute atomic E-state index is 0.342. The van der Waals surface area contributed by atoms with Crippen LogP contribution in [0.25, 0.3) is 11.1 Å². The topological polar surface area (TPSA) is 69.6 Å². The van der Waals surface area contributed by atoms with E-state index in [1.54, 1.807) is 11.8 Å². The molecule has 0 saturated carbocycles. The maximum atomic E-state index is 13.4. The van der Waals surface area contributed by atoms with Crippen molar-refractivity contribution in [1.29, 1.82) is 0 Å². The number of hydrogen-bond donors (Lipinski definition) is 2. The van der Waals surface area contributed by atoms with Crippen LogP contribution in [0.5, 0.6) is 0 Å². The van der Waals surface area contributed by atoms with E-state index >= 15 is 0 Å². The lowest BCUT2D eigenvalue weighted by Gasteiger charge is -2.25. The fourth-order valence-electron chi connectivity index (χ4n) is 5.36. The zero-order valence-electron chi connectivity index (χ0n) is 22.4.